The van der Waals surface area contributed by atoms with E-state index in [1.807, 2.05) is 0 Å². The van der Waals surface area contributed by atoms with Crippen molar-refractivity contribution in [2.24, 2.45) is 0 Å². The Kier molecular flexibility index (Phi) is 4.94. The predicted molar refractivity (Wildman–Crippen MR) is 94.9 cm³/mol. The number of pyridine rings is 1. The van der Waals surface area contributed by atoms with Crippen LogP contribution >= 0.6 is 15.9 Å². The minimum absolute atomic E-state index is 0.412. The van der Waals surface area contributed by atoms with E-state index in [1.54, 1.807) is 0 Å². The van der Waals surface area contributed by atoms with Crippen LogP contribution in [0, 0.1) is 0 Å². The molecule has 0 radical (unpaired) electrons. The first kappa shape index (κ1) is 15.7. The Morgan fingerprint density at radius 3 is 2.82 bits per heavy atom. The topological polar surface area (TPSA) is 16.1 Å². The summed E-state index contributed by atoms with van der Waals surface area (Å²) in [5, 5.41) is 0. The zero-order chi connectivity index (χ0) is 15.5. The SMILES string of the molecule is CCCc1ccc(C(C)N2CCc3ccc(Br)cc3C2)cn1. The van der Waals surface area contributed by atoms with Crippen molar-refractivity contribution in [2.45, 2.75) is 45.7 Å². The minimum atomic E-state index is 0.412. The number of rotatable bonds is 4. The smallest absolute Gasteiger partial charge is 0.0403 e. The fourth-order valence-electron chi connectivity index (χ4n) is 3.18. The van der Waals surface area contributed by atoms with Gasteiger partial charge in [-0.3, -0.25) is 9.88 Å². The standard InChI is InChI=1S/C19H23BrN2/c1-3-4-19-8-6-16(12-21-19)14(2)22-10-9-15-5-7-18(20)11-17(15)13-22/h5-8,11-12,14H,3-4,9-10,13H2,1-2H3. The Morgan fingerprint density at radius 1 is 1.23 bits per heavy atom. The van der Waals surface area contributed by atoms with Gasteiger partial charge in [-0.05, 0) is 54.7 Å². The third-order valence-corrected chi connectivity index (χ3v) is 5.09. The molecule has 116 valence electrons. The minimum Gasteiger partial charge on any atom is -0.292 e. The van der Waals surface area contributed by atoms with Crippen LogP contribution in [0.5, 0.6) is 0 Å². The molecule has 3 rings (SSSR count). The first-order chi connectivity index (χ1) is 10.7. The first-order valence-corrected chi connectivity index (χ1v) is 8.93. The summed E-state index contributed by atoms with van der Waals surface area (Å²) in [4.78, 5) is 7.16. The molecule has 1 aromatic heterocycles. The van der Waals surface area contributed by atoms with Crippen LogP contribution in [-0.2, 0) is 19.4 Å². The molecule has 22 heavy (non-hydrogen) atoms. The molecule has 1 atom stereocenters. The van der Waals surface area contributed by atoms with E-state index in [2.05, 4.69) is 76.2 Å². The maximum Gasteiger partial charge on any atom is 0.0403 e. The summed E-state index contributed by atoms with van der Waals surface area (Å²) in [6.45, 7) is 6.63. The van der Waals surface area contributed by atoms with Gasteiger partial charge < -0.3 is 0 Å². The molecule has 1 aliphatic heterocycles. The van der Waals surface area contributed by atoms with Crippen LogP contribution < -0.4 is 0 Å². The number of nitrogens with zero attached hydrogens (tertiary/aromatic N) is 2. The zero-order valence-corrected chi connectivity index (χ0v) is 14.9. The first-order valence-electron chi connectivity index (χ1n) is 8.13. The summed E-state index contributed by atoms with van der Waals surface area (Å²) in [5.41, 5.74) is 5.45. The second-order valence-corrected chi connectivity index (χ2v) is 7.06. The van der Waals surface area contributed by atoms with Crippen LogP contribution in [-0.4, -0.2) is 16.4 Å². The monoisotopic (exact) mass is 358 g/mol. The van der Waals surface area contributed by atoms with Crippen molar-refractivity contribution in [3.8, 4) is 0 Å². The van der Waals surface area contributed by atoms with Gasteiger partial charge in [0.25, 0.3) is 0 Å². The second kappa shape index (κ2) is 6.93. The normalized spacial score (nSPS) is 16.3. The Labute approximate surface area is 141 Å². The summed E-state index contributed by atoms with van der Waals surface area (Å²) >= 11 is 3.59. The van der Waals surface area contributed by atoms with Gasteiger partial charge in [0.1, 0.15) is 0 Å². The molecule has 0 amide bonds. The molecule has 0 fully saturated rings. The highest BCUT2D eigenvalue weighted by Crippen LogP contribution is 2.29. The summed E-state index contributed by atoms with van der Waals surface area (Å²) in [6.07, 6.45) is 5.42. The van der Waals surface area contributed by atoms with Crippen molar-refractivity contribution in [3.05, 3.63) is 63.4 Å². The highest BCUT2D eigenvalue weighted by atomic mass is 79.9. The molecule has 2 aromatic rings. The second-order valence-electron chi connectivity index (χ2n) is 6.14. The van der Waals surface area contributed by atoms with Crippen LogP contribution in [0.3, 0.4) is 0 Å². The van der Waals surface area contributed by atoms with E-state index in [1.165, 1.54) is 26.9 Å². The number of fused-ring (bicyclic) bond motifs is 1. The van der Waals surface area contributed by atoms with Crippen molar-refractivity contribution in [3.63, 3.8) is 0 Å². The fraction of sp³-hybridized carbons (Fsp3) is 0.421. The van der Waals surface area contributed by atoms with Crippen LogP contribution in [0.15, 0.2) is 41.0 Å². The zero-order valence-electron chi connectivity index (χ0n) is 13.3. The number of aromatic nitrogens is 1. The lowest BCUT2D eigenvalue weighted by Crippen LogP contribution is -2.32. The fourth-order valence-corrected chi connectivity index (χ4v) is 3.58. The van der Waals surface area contributed by atoms with Crippen molar-refractivity contribution >= 4 is 15.9 Å². The van der Waals surface area contributed by atoms with E-state index in [0.717, 1.165) is 32.4 Å². The van der Waals surface area contributed by atoms with Gasteiger partial charge in [-0.15, -0.1) is 0 Å². The van der Waals surface area contributed by atoms with Gasteiger partial charge in [-0.1, -0.05) is 41.4 Å². The molecule has 0 saturated carbocycles. The molecule has 3 heteroatoms. The molecule has 0 saturated heterocycles. The lowest BCUT2D eigenvalue weighted by Gasteiger charge is -2.34. The van der Waals surface area contributed by atoms with E-state index in [0.29, 0.717) is 6.04 Å². The molecule has 1 aromatic carbocycles. The molecular weight excluding hydrogens is 336 g/mol. The van der Waals surface area contributed by atoms with Gasteiger partial charge in [-0.2, -0.15) is 0 Å². The molecule has 1 unspecified atom stereocenters. The van der Waals surface area contributed by atoms with Gasteiger partial charge >= 0.3 is 0 Å². The van der Waals surface area contributed by atoms with E-state index in [-0.39, 0.29) is 0 Å². The number of hydrogen-bond acceptors (Lipinski definition) is 2. The summed E-state index contributed by atoms with van der Waals surface area (Å²) in [5.74, 6) is 0. The third-order valence-electron chi connectivity index (χ3n) is 4.59. The van der Waals surface area contributed by atoms with Crippen LogP contribution in [0.4, 0.5) is 0 Å². The third kappa shape index (κ3) is 3.41. The van der Waals surface area contributed by atoms with E-state index in [4.69, 9.17) is 0 Å². The van der Waals surface area contributed by atoms with Gasteiger partial charge in [0.15, 0.2) is 0 Å². The van der Waals surface area contributed by atoms with Crippen LogP contribution in [0.25, 0.3) is 0 Å². The van der Waals surface area contributed by atoms with Gasteiger partial charge in [0, 0.05) is 35.5 Å². The average molecular weight is 359 g/mol. The molecule has 2 nitrogen and oxygen atoms in total. The van der Waals surface area contributed by atoms with Crippen molar-refractivity contribution in [2.75, 3.05) is 6.54 Å². The number of aryl methyl sites for hydroxylation is 1. The van der Waals surface area contributed by atoms with Crippen LogP contribution in [0.2, 0.25) is 0 Å². The molecule has 0 spiro atoms. The molecular formula is C19H23BrN2. The van der Waals surface area contributed by atoms with Gasteiger partial charge in [0.2, 0.25) is 0 Å². The predicted octanol–water partition coefficient (Wildman–Crippen LogP) is 4.92. The van der Waals surface area contributed by atoms with Crippen molar-refractivity contribution in [1.82, 2.24) is 9.88 Å². The number of halogens is 1. The van der Waals surface area contributed by atoms with E-state index >= 15 is 0 Å². The quantitative estimate of drug-likeness (QED) is 0.771. The van der Waals surface area contributed by atoms with Crippen LogP contribution in [0.1, 0.15) is 48.7 Å². The Morgan fingerprint density at radius 2 is 2.09 bits per heavy atom. The van der Waals surface area contributed by atoms with Gasteiger partial charge in [0.05, 0.1) is 0 Å². The van der Waals surface area contributed by atoms with Crippen molar-refractivity contribution in [1.29, 1.82) is 0 Å². The highest BCUT2D eigenvalue weighted by Gasteiger charge is 2.22. The maximum absolute atomic E-state index is 4.61. The van der Waals surface area contributed by atoms with Gasteiger partial charge in [-0.25, -0.2) is 0 Å². The lowest BCUT2D eigenvalue weighted by atomic mass is 9.97. The Hall–Kier alpha value is -1.19. The Balaban J connectivity index is 1.74. The molecule has 1 aliphatic rings. The van der Waals surface area contributed by atoms with Crippen molar-refractivity contribution < 1.29 is 0 Å². The number of hydrogen-bond donors (Lipinski definition) is 0. The molecule has 0 aliphatic carbocycles. The highest BCUT2D eigenvalue weighted by molar-refractivity contribution is 9.10. The summed E-state index contributed by atoms with van der Waals surface area (Å²) in [6, 6.07) is 11.5. The maximum atomic E-state index is 4.61. The summed E-state index contributed by atoms with van der Waals surface area (Å²) < 4.78 is 1.17. The lowest BCUT2D eigenvalue weighted by molar-refractivity contribution is 0.192. The molecule has 2 heterocycles. The molecule has 0 bridgehead atoms. The number of benzene rings is 1. The van der Waals surface area contributed by atoms with E-state index < -0.39 is 0 Å². The average Bonchev–Trinajstić information content (AvgIpc) is 2.54. The Bertz CT molecular complexity index is 636. The largest absolute Gasteiger partial charge is 0.292 e. The summed E-state index contributed by atoms with van der Waals surface area (Å²) in [7, 11) is 0. The van der Waals surface area contributed by atoms with E-state index in [9.17, 15) is 0 Å². The molecule has 0 N–H and O–H groups in total.